The molecule has 1 spiro atoms. The zero-order valence-corrected chi connectivity index (χ0v) is 12.3. The average molecular weight is 321 g/mol. The first-order chi connectivity index (χ1) is 7.14. The van der Waals surface area contributed by atoms with E-state index in [2.05, 4.69) is 39.8 Å². The maximum absolute atomic E-state index is 2.67. The van der Waals surface area contributed by atoms with E-state index in [4.69, 9.17) is 0 Å². The predicted molar refractivity (Wildman–Crippen MR) is 74.1 cm³/mol. The van der Waals surface area contributed by atoms with Gasteiger partial charge in [-0.05, 0) is 43.9 Å². The lowest BCUT2D eigenvalue weighted by molar-refractivity contribution is 0.227. The second-order valence-electron chi connectivity index (χ2n) is 5.85. The molecule has 1 saturated carbocycles. The molecule has 1 nitrogen and oxygen atoms in total. The molecular weight excluding hydrogens is 297 g/mol. The van der Waals surface area contributed by atoms with Crippen LogP contribution in [0.25, 0.3) is 0 Å². The van der Waals surface area contributed by atoms with Crippen molar-refractivity contribution in [2.75, 3.05) is 6.54 Å². The molecule has 1 aliphatic carbocycles. The van der Waals surface area contributed by atoms with Crippen molar-refractivity contribution in [2.45, 2.75) is 64.3 Å². The third kappa shape index (κ3) is 2.51. The topological polar surface area (TPSA) is 3.24 Å². The van der Waals surface area contributed by atoms with Crippen molar-refractivity contribution < 1.29 is 0 Å². The van der Waals surface area contributed by atoms with Gasteiger partial charge in [0.2, 0.25) is 0 Å². The molecule has 2 aliphatic rings. The van der Waals surface area contributed by atoms with Gasteiger partial charge in [0.05, 0.1) is 0 Å². The van der Waals surface area contributed by atoms with Gasteiger partial charge in [0.15, 0.2) is 0 Å². The van der Waals surface area contributed by atoms with Crippen LogP contribution in [0.1, 0.15) is 58.8 Å². The van der Waals surface area contributed by atoms with Gasteiger partial charge in [-0.3, -0.25) is 0 Å². The van der Waals surface area contributed by atoms with Gasteiger partial charge >= 0.3 is 0 Å². The summed E-state index contributed by atoms with van der Waals surface area (Å²) in [6, 6.07) is 0. The van der Waals surface area contributed by atoms with Gasteiger partial charge in [-0.2, -0.15) is 0 Å². The first kappa shape index (κ1) is 12.2. The highest BCUT2D eigenvalue weighted by atomic mass is 127. The van der Waals surface area contributed by atoms with E-state index < -0.39 is 0 Å². The third-order valence-corrected chi connectivity index (χ3v) is 6.17. The Hall–Kier alpha value is 0.690. The monoisotopic (exact) mass is 321 g/mol. The number of hydrogen-bond acceptors (Lipinski definition) is 1. The fourth-order valence-electron chi connectivity index (χ4n) is 3.43. The van der Waals surface area contributed by atoms with E-state index in [-0.39, 0.29) is 0 Å². The van der Waals surface area contributed by atoms with Crippen LogP contribution in [0.15, 0.2) is 0 Å². The second kappa shape index (κ2) is 4.91. The quantitative estimate of drug-likeness (QED) is 0.511. The molecule has 0 N–H and O–H groups in total. The molecule has 2 rings (SSSR count). The largest absolute Gasteiger partial charge is 0.241 e. The summed E-state index contributed by atoms with van der Waals surface area (Å²) in [7, 11) is 0. The third-order valence-electron chi connectivity index (χ3n) is 4.67. The van der Waals surface area contributed by atoms with Crippen LogP contribution < -0.4 is 0 Å². The molecule has 0 bridgehead atoms. The van der Waals surface area contributed by atoms with Crippen molar-refractivity contribution in [3.05, 3.63) is 0 Å². The van der Waals surface area contributed by atoms with Gasteiger partial charge in [-0.1, -0.05) is 26.7 Å². The summed E-state index contributed by atoms with van der Waals surface area (Å²) < 4.78 is 2.67. The van der Waals surface area contributed by atoms with Crippen LogP contribution in [0.5, 0.6) is 0 Å². The first-order valence-corrected chi connectivity index (χ1v) is 7.54. The lowest BCUT2D eigenvalue weighted by atomic mass is 9.84. The highest BCUT2D eigenvalue weighted by Gasteiger charge is 2.40. The van der Waals surface area contributed by atoms with Crippen LogP contribution in [-0.2, 0) is 0 Å². The van der Waals surface area contributed by atoms with Gasteiger partial charge in [-0.15, -0.1) is 0 Å². The highest BCUT2D eigenvalue weighted by molar-refractivity contribution is 14.1. The van der Waals surface area contributed by atoms with E-state index in [0.29, 0.717) is 5.54 Å². The van der Waals surface area contributed by atoms with Crippen molar-refractivity contribution in [1.29, 1.82) is 0 Å². The lowest BCUT2D eigenvalue weighted by Gasteiger charge is -2.35. The van der Waals surface area contributed by atoms with Crippen molar-refractivity contribution in [3.8, 4) is 0 Å². The van der Waals surface area contributed by atoms with Crippen molar-refractivity contribution >= 4 is 22.9 Å². The minimum absolute atomic E-state index is 0.601. The standard InChI is InChI=1S/C13H24IN/c1-11(2)12-5-9-13(7-3-4-8-13)15(14)10-6-12/h11-12H,3-10H2,1-2H3/t12-/m0/s1. The summed E-state index contributed by atoms with van der Waals surface area (Å²) in [6.07, 6.45) is 10.2. The number of halogens is 1. The Bertz CT molecular complexity index is 209. The maximum Gasteiger partial charge on any atom is 0.0305 e. The van der Waals surface area contributed by atoms with Gasteiger partial charge in [0.1, 0.15) is 0 Å². The Kier molecular flexibility index (Phi) is 3.98. The molecule has 0 aromatic carbocycles. The molecule has 1 saturated heterocycles. The Morgan fingerprint density at radius 3 is 2.40 bits per heavy atom. The van der Waals surface area contributed by atoms with E-state index in [0.717, 1.165) is 11.8 Å². The zero-order chi connectivity index (χ0) is 10.9. The van der Waals surface area contributed by atoms with Gasteiger partial charge in [0, 0.05) is 34.9 Å². The minimum atomic E-state index is 0.601. The number of nitrogens with zero attached hydrogens (tertiary/aromatic N) is 1. The molecule has 1 aliphatic heterocycles. The lowest BCUT2D eigenvalue weighted by Crippen LogP contribution is -2.39. The summed E-state index contributed by atoms with van der Waals surface area (Å²) in [6.45, 7) is 6.12. The van der Waals surface area contributed by atoms with Crippen molar-refractivity contribution in [2.24, 2.45) is 11.8 Å². The molecule has 2 fully saturated rings. The molecule has 0 aromatic rings. The van der Waals surface area contributed by atoms with E-state index in [1.807, 2.05) is 0 Å². The van der Waals surface area contributed by atoms with Crippen LogP contribution in [0.4, 0.5) is 0 Å². The molecule has 0 aromatic heterocycles. The molecule has 1 atom stereocenters. The molecule has 0 radical (unpaired) electrons. The molecule has 15 heavy (non-hydrogen) atoms. The summed E-state index contributed by atoms with van der Waals surface area (Å²) in [5.41, 5.74) is 0.601. The van der Waals surface area contributed by atoms with Crippen molar-refractivity contribution in [1.82, 2.24) is 3.11 Å². The Morgan fingerprint density at radius 1 is 1.13 bits per heavy atom. The molecule has 0 unspecified atom stereocenters. The van der Waals surface area contributed by atoms with Crippen molar-refractivity contribution in [3.63, 3.8) is 0 Å². The van der Waals surface area contributed by atoms with Crippen LogP contribution >= 0.6 is 22.9 Å². The van der Waals surface area contributed by atoms with Gasteiger partial charge in [0.25, 0.3) is 0 Å². The van der Waals surface area contributed by atoms with Gasteiger partial charge < -0.3 is 0 Å². The molecule has 88 valence electrons. The van der Waals surface area contributed by atoms with Crippen LogP contribution in [0.3, 0.4) is 0 Å². The number of rotatable bonds is 1. The maximum atomic E-state index is 2.67. The fraction of sp³-hybridized carbons (Fsp3) is 1.00. The predicted octanol–water partition coefficient (Wildman–Crippen LogP) is 4.41. The summed E-state index contributed by atoms with van der Waals surface area (Å²) in [5.74, 6) is 1.86. The highest BCUT2D eigenvalue weighted by Crippen LogP contribution is 2.44. The molecule has 2 heteroatoms. The fourth-order valence-corrected chi connectivity index (χ4v) is 4.43. The molecule has 1 heterocycles. The second-order valence-corrected chi connectivity index (χ2v) is 7.01. The molecule has 0 amide bonds. The van der Waals surface area contributed by atoms with Crippen LogP contribution in [0, 0.1) is 11.8 Å². The van der Waals surface area contributed by atoms with E-state index in [9.17, 15) is 0 Å². The van der Waals surface area contributed by atoms with Gasteiger partial charge in [-0.25, -0.2) is 3.11 Å². The smallest absolute Gasteiger partial charge is 0.0305 e. The van der Waals surface area contributed by atoms with Crippen LogP contribution in [0.2, 0.25) is 0 Å². The Labute approximate surface area is 108 Å². The average Bonchev–Trinajstić information content (AvgIpc) is 2.59. The van der Waals surface area contributed by atoms with Crippen LogP contribution in [-0.4, -0.2) is 15.2 Å². The van der Waals surface area contributed by atoms with E-state index >= 15 is 0 Å². The summed E-state index contributed by atoms with van der Waals surface area (Å²) in [5, 5.41) is 0. The van der Waals surface area contributed by atoms with E-state index in [1.54, 1.807) is 0 Å². The zero-order valence-electron chi connectivity index (χ0n) is 10.1. The normalized spacial score (nSPS) is 32.4. The molecular formula is C13H24IN. The summed E-state index contributed by atoms with van der Waals surface area (Å²) >= 11 is 2.60. The Balaban J connectivity index is 2.03. The van der Waals surface area contributed by atoms with E-state index in [1.165, 1.54) is 51.5 Å². The first-order valence-electron chi connectivity index (χ1n) is 6.57. The minimum Gasteiger partial charge on any atom is -0.241 e. The Morgan fingerprint density at radius 2 is 1.80 bits per heavy atom. The SMILES string of the molecule is CC(C)[C@@H]1CCN(I)C2(CCCC2)CC1. The number of hydrogen-bond donors (Lipinski definition) is 0. The summed E-state index contributed by atoms with van der Waals surface area (Å²) in [4.78, 5) is 0.